The summed E-state index contributed by atoms with van der Waals surface area (Å²) in [5, 5.41) is 14.4. The van der Waals surface area contributed by atoms with Gasteiger partial charge in [-0.2, -0.15) is 0 Å². The molecule has 0 atom stereocenters. The van der Waals surface area contributed by atoms with Crippen molar-refractivity contribution in [2.75, 3.05) is 39.3 Å². The lowest BCUT2D eigenvalue weighted by Gasteiger charge is -2.26. The number of aromatic hydroxyl groups is 1. The third kappa shape index (κ3) is 6.40. The fraction of sp³-hybridized carbons (Fsp3) is 0.310. The highest BCUT2D eigenvalue weighted by molar-refractivity contribution is 9.10. The van der Waals surface area contributed by atoms with Gasteiger partial charge in [-0.15, -0.1) is 11.3 Å². The maximum atomic E-state index is 9.98. The minimum absolute atomic E-state index is 0.253. The number of thiophene rings is 1. The molecule has 1 fully saturated rings. The van der Waals surface area contributed by atoms with E-state index in [1.54, 1.807) is 23.5 Å². The van der Waals surface area contributed by atoms with E-state index < -0.39 is 0 Å². The fourth-order valence-electron chi connectivity index (χ4n) is 4.42. The molecule has 7 heteroatoms. The first-order valence-corrected chi connectivity index (χ1v) is 14.1. The van der Waals surface area contributed by atoms with Crippen molar-refractivity contribution in [1.82, 2.24) is 10.2 Å². The number of fused-ring (bicyclic) bond motifs is 1. The molecule has 1 saturated heterocycles. The van der Waals surface area contributed by atoms with E-state index in [9.17, 15) is 5.11 Å². The molecule has 5 nitrogen and oxygen atoms in total. The Hall–Kier alpha value is -2.58. The van der Waals surface area contributed by atoms with Gasteiger partial charge in [0, 0.05) is 40.7 Å². The molecule has 0 unspecified atom stereocenters. The quantitative estimate of drug-likeness (QED) is 0.197. The number of phenols is 1. The first kappa shape index (κ1) is 25.1. The van der Waals surface area contributed by atoms with Crippen LogP contribution < -0.4 is 14.8 Å². The first-order chi connectivity index (χ1) is 17.7. The Balaban J connectivity index is 1.20. The summed E-state index contributed by atoms with van der Waals surface area (Å²) >= 11 is 5.13. The van der Waals surface area contributed by atoms with E-state index in [1.165, 1.54) is 32.5 Å². The van der Waals surface area contributed by atoms with Gasteiger partial charge in [0.25, 0.3) is 0 Å². The molecule has 5 rings (SSSR count). The largest absolute Gasteiger partial charge is 0.508 e. The maximum absolute atomic E-state index is 9.98. The second kappa shape index (κ2) is 12.1. The van der Waals surface area contributed by atoms with Crippen LogP contribution in [0.1, 0.15) is 19.3 Å². The molecule has 2 heterocycles. The van der Waals surface area contributed by atoms with Crippen LogP contribution >= 0.6 is 27.3 Å². The minimum Gasteiger partial charge on any atom is -0.508 e. The summed E-state index contributed by atoms with van der Waals surface area (Å²) in [5.74, 6) is 2.67. The normalized spacial score (nSPS) is 14.2. The molecule has 0 radical (unpaired) electrons. The van der Waals surface area contributed by atoms with Gasteiger partial charge in [-0.1, -0.05) is 28.1 Å². The van der Waals surface area contributed by atoms with E-state index >= 15 is 0 Å². The van der Waals surface area contributed by atoms with Gasteiger partial charge in [0.1, 0.15) is 17.2 Å². The highest BCUT2D eigenvalue weighted by Crippen LogP contribution is 2.47. The topological polar surface area (TPSA) is 54.0 Å². The van der Waals surface area contributed by atoms with E-state index in [0.29, 0.717) is 0 Å². The number of piperazine rings is 1. The number of hydrogen-bond acceptors (Lipinski definition) is 6. The molecule has 1 aliphatic heterocycles. The smallest absolute Gasteiger partial charge is 0.153 e. The lowest BCUT2D eigenvalue weighted by Crippen LogP contribution is -2.43. The molecule has 2 N–H and O–H groups in total. The Morgan fingerprint density at radius 2 is 1.64 bits per heavy atom. The third-order valence-corrected chi connectivity index (χ3v) is 8.09. The standard InChI is InChI=1S/C29H31BrN2O3S/c30-22-6-4-21(5-7-22)29-28(26-13-8-23(33)20-27(26)36-29)35-25-11-9-24(10-12-25)34-19-3-1-2-16-32-17-14-31-15-18-32/h4-13,20,31,33H,1-3,14-19H2. The van der Waals surface area contributed by atoms with E-state index in [2.05, 4.69) is 38.3 Å². The molecule has 1 aliphatic rings. The van der Waals surface area contributed by atoms with Crippen LogP contribution in [-0.4, -0.2) is 49.3 Å². The molecule has 3 aromatic carbocycles. The summed E-state index contributed by atoms with van der Waals surface area (Å²) in [7, 11) is 0. The van der Waals surface area contributed by atoms with E-state index in [-0.39, 0.29) is 5.75 Å². The molecule has 188 valence electrons. The van der Waals surface area contributed by atoms with Gasteiger partial charge in [0.2, 0.25) is 0 Å². The molecule has 0 saturated carbocycles. The van der Waals surface area contributed by atoms with Crippen LogP contribution in [0.2, 0.25) is 0 Å². The van der Waals surface area contributed by atoms with Crippen molar-refractivity contribution in [1.29, 1.82) is 0 Å². The summed E-state index contributed by atoms with van der Waals surface area (Å²) in [6.07, 6.45) is 3.47. The molecule has 1 aromatic heterocycles. The molecule has 0 aliphatic carbocycles. The van der Waals surface area contributed by atoms with Crippen molar-refractivity contribution in [3.8, 4) is 33.4 Å². The maximum Gasteiger partial charge on any atom is 0.153 e. The molecule has 4 aromatic rings. The number of ether oxygens (including phenoxy) is 2. The minimum atomic E-state index is 0.253. The average Bonchev–Trinajstić information content (AvgIpc) is 3.25. The van der Waals surface area contributed by atoms with Crippen LogP contribution in [0, 0.1) is 0 Å². The fourth-order valence-corrected chi connectivity index (χ4v) is 5.85. The predicted molar refractivity (Wildman–Crippen MR) is 152 cm³/mol. The number of phenolic OH excluding ortho intramolecular Hbond substituents is 1. The Kier molecular flexibility index (Phi) is 8.43. The Labute approximate surface area is 224 Å². The second-order valence-electron chi connectivity index (χ2n) is 9.02. The molecule has 36 heavy (non-hydrogen) atoms. The van der Waals surface area contributed by atoms with Gasteiger partial charge < -0.3 is 24.8 Å². The second-order valence-corrected chi connectivity index (χ2v) is 11.0. The average molecular weight is 568 g/mol. The SMILES string of the molecule is Oc1ccc2c(Oc3ccc(OCCCCCN4CCNCC4)cc3)c(-c3ccc(Br)cc3)sc2c1. The lowest BCUT2D eigenvalue weighted by molar-refractivity contribution is 0.232. The van der Waals surface area contributed by atoms with E-state index in [1.807, 2.05) is 42.5 Å². The zero-order valence-electron chi connectivity index (χ0n) is 20.2. The van der Waals surface area contributed by atoms with Crippen LogP contribution in [0.3, 0.4) is 0 Å². The van der Waals surface area contributed by atoms with E-state index in [4.69, 9.17) is 9.47 Å². The van der Waals surface area contributed by atoms with Crippen LogP contribution in [-0.2, 0) is 0 Å². The first-order valence-electron chi connectivity index (χ1n) is 12.5. The summed E-state index contributed by atoms with van der Waals surface area (Å²) in [6, 6.07) is 21.4. The van der Waals surface area contributed by atoms with Crippen molar-refractivity contribution in [2.45, 2.75) is 19.3 Å². The van der Waals surface area contributed by atoms with Crippen molar-refractivity contribution in [3.05, 3.63) is 71.2 Å². The van der Waals surface area contributed by atoms with Crippen LogP contribution in [0.15, 0.2) is 71.2 Å². The number of hydrogen-bond donors (Lipinski definition) is 2. The van der Waals surface area contributed by atoms with Gasteiger partial charge in [-0.05, 0) is 86.0 Å². The van der Waals surface area contributed by atoms with Gasteiger partial charge >= 0.3 is 0 Å². The van der Waals surface area contributed by atoms with Crippen LogP contribution in [0.4, 0.5) is 0 Å². The van der Waals surface area contributed by atoms with Crippen molar-refractivity contribution in [2.24, 2.45) is 0 Å². The van der Waals surface area contributed by atoms with Crippen molar-refractivity contribution in [3.63, 3.8) is 0 Å². The molecular weight excluding hydrogens is 536 g/mol. The summed E-state index contributed by atoms with van der Waals surface area (Å²) < 4.78 is 14.4. The van der Waals surface area contributed by atoms with Gasteiger partial charge in [0.15, 0.2) is 5.75 Å². The Bertz CT molecular complexity index is 1270. The van der Waals surface area contributed by atoms with E-state index in [0.717, 1.165) is 68.4 Å². The number of nitrogens with one attached hydrogen (secondary N) is 1. The number of halogens is 1. The van der Waals surface area contributed by atoms with Gasteiger partial charge in [-0.25, -0.2) is 0 Å². The molecule has 0 spiro atoms. The van der Waals surface area contributed by atoms with Gasteiger partial charge in [-0.3, -0.25) is 0 Å². The Morgan fingerprint density at radius 1 is 0.889 bits per heavy atom. The molecule has 0 amide bonds. The lowest BCUT2D eigenvalue weighted by atomic mass is 10.1. The summed E-state index contributed by atoms with van der Waals surface area (Å²) in [5.41, 5.74) is 1.07. The monoisotopic (exact) mass is 566 g/mol. The van der Waals surface area contributed by atoms with Crippen LogP contribution in [0.5, 0.6) is 23.0 Å². The summed E-state index contributed by atoms with van der Waals surface area (Å²) in [6.45, 7) is 6.47. The Morgan fingerprint density at radius 3 is 2.42 bits per heavy atom. The number of rotatable bonds is 10. The predicted octanol–water partition coefficient (Wildman–Crippen LogP) is 7.28. The number of unbranched alkanes of at least 4 members (excludes halogenated alkanes) is 2. The number of benzene rings is 3. The zero-order chi connectivity index (χ0) is 24.7. The third-order valence-electron chi connectivity index (χ3n) is 6.38. The van der Waals surface area contributed by atoms with Gasteiger partial charge in [0.05, 0.1) is 11.5 Å². The molecular formula is C29H31BrN2O3S. The van der Waals surface area contributed by atoms with Crippen molar-refractivity contribution >= 4 is 37.4 Å². The number of nitrogens with zero attached hydrogens (tertiary/aromatic N) is 1. The molecule has 0 bridgehead atoms. The zero-order valence-corrected chi connectivity index (χ0v) is 22.6. The highest BCUT2D eigenvalue weighted by atomic mass is 79.9. The highest BCUT2D eigenvalue weighted by Gasteiger charge is 2.17. The van der Waals surface area contributed by atoms with Crippen molar-refractivity contribution < 1.29 is 14.6 Å². The summed E-state index contributed by atoms with van der Waals surface area (Å²) in [4.78, 5) is 3.57. The van der Waals surface area contributed by atoms with Crippen LogP contribution in [0.25, 0.3) is 20.5 Å².